The molecule has 112 valence electrons. The molecule has 2 N–H and O–H groups in total. The summed E-state index contributed by atoms with van der Waals surface area (Å²) in [4.78, 5) is 0. The Balaban J connectivity index is 1.68. The van der Waals surface area contributed by atoms with Gasteiger partial charge in [0.2, 0.25) is 0 Å². The van der Waals surface area contributed by atoms with Crippen LogP contribution in [-0.2, 0) is 9.47 Å². The first-order valence-corrected chi connectivity index (χ1v) is 8.23. The van der Waals surface area contributed by atoms with Gasteiger partial charge in [0.1, 0.15) is 0 Å². The van der Waals surface area contributed by atoms with Crippen molar-refractivity contribution in [3.05, 3.63) is 0 Å². The topological polar surface area (TPSA) is 44.5 Å². The minimum atomic E-state index is 0.0166. The zero-order valence-corrected chi connectivity index (χ0v) is 12.5. The van der Waals surface area contributed by atoms with Gasteiger partial charge in [-0.15, -0.1) is 0 Å². The van der Waals surface area contributed by atoms with Crippen LogP contribution in [0.5, 0.6) is 0 Å². The molecule has 1 spiro atoms. The number of rotatable bonds is 7. The molecule has 2 rings (SSSR count). The number of hydrogen-bond donors (Lipinski definition) is 1. The number of unbranched alkanes of at least 4 members (excludes halogenated alkanes) is 4. The molecule has 19 heavy (non-hydrogen) atoms. The highest BCUT2D eigenvalue weighted by Crippen LogP contribution is 2.37. The van der Waals surface area contributed by atoms with E-state index in [1.165, 1.54) is 38.5 Å². The number of nitrogens with two attached hydrogens (primary N) is 1. The van der Waals surface area contributed by atoms with Crippen LogP contribution in [0.15, 0.2) is 0 Å². The predicted molar refractivity (Wildman–Crippen MR) is 78.2 cm³/mol. The molecular formula is C16H31NO2. The van der Waals surface area contributed by atoms with E-state index in [4.69, 9.17) is 15.2 Å². The highest BCUT2D eigenvalue weighted by atomic mass is 16.6. The summed E-state index contributed by atoms with van der Waals surface area (Å²) < 4.78 is 11.5. The molecule has 0 aromatic heterocycles. The van der Waals surface area contributed by atoms with Crippen molar-refractivity contribution in [2.45, 2.75) is 76.4 Å². The Morgan fingerprint density at radius 1 is 1.21 bits per heavy atom. The van der Waals surface area contributed by atoms with Crippen LogP contribution in [0.1, 0.15) is 64.7 Å². The SMILES string of the molecule is CCCCCCCC(N)C1CCOC2(CCOC2)C1. The Kier molecular flexibility index (Phi) is 6.11. The fourth-order valence-corrected chi connectivity index (χ4v) is 3.51. The van der Waals surface area contributed by atoms with Gasteiger partial charge in [-0.2, -0.15) is 0 Å². The molecule has 2 aliphatic rings. The van der Waals surface area contributed by atoms with Gasteiger partial charge in [-0.1, -0.05) is 39.0 Å². The minimum Gasteiger partial charge on any atom is -0.378 e. The van der Waals surface area contributed by atoms with Gasteiger partial charge in [-0.25, -0.2) is 0 Å². The first-order chi connectivity index (χ1) is 9.26. The minimum absolute atomic E-state index is 0.0166. The molecule has 0 saturated carbocycles. The fraction of sp³-hybridized carbons (Fsp3) is 1.00. The van der Waals surface area contributed by atoms with Crippen LogP contribution in [0.2, 0.25) is 0 Å². The molecule has 3 unspecified atom stereocenters. The van der Waals surface area contributed by atoms with Crippen LogP contribution in [0.25, 0.3) is 0 Å². The smallest absolute Gasteiger partial charge is 0.0939 e. The van der Waals surface area contributed by atoms with Crippen molar-refractivity contribution in [3.63, 3.8) is 0 Å². The molecule has 0 radical (unpaired) electrons. The summed E-state index contributed by atoms with van der Waals surface area (Å²) in [5, 5.41) is 0. The molecule has 0 aromatic carbocycles. The second kappa shape index (κ2) is 7.61. The van der Waals surface area contributed by atoms with Crippen LogP contribution in [0.3, 0.4) is 0 Å². The van der Waals surface area contributed by atoms with Gasteiger partial charge >= 0.3 is 0 Å². The van der Waals surface area contributed by atoms with Gasteiger partial charge < -0.3 is 15.2 Å². The van der Waals surface area contributed by atoms with E-state index in [0.717, 1.165) is 39.1 Å². The predicted octanol–water partition coefficient (Wildman–Crippen LogP) is 3.26. The van der Waals surface area contributed by atoms with Crippen LogP contribution in [0.4, 0.5) is 0 Å². The Hall–Kier alpha value is -0.120. The van der Waals surface area contributed by atoms with Gasteiger partial charge in [0, 0.05) is 25.7 Å². The Bertz CT molecular complexity index is 251. The monoisotopic (exact) mass is 269 g/mol. The molecule has 3 nitrogen and oxygen atoms in total. The maximum atomic E-state index is 6.42. The van der Waals surface area contributed by atoms with Crippen molar-refractivity contribution in [2.24, 2.45) is 11.7 Å². The molecule has 2 saturated heterocycles. The summed E-state index contributed by atoms with van der Waals surface area (Å²) in [7, 11) is 0. The first kappa shape index (κ1) is 15.3. The van der Waals surface area contributed by atoms with Crippen LogP contribution >= 0.6 is 0 Å². The zero-order chi connectivity index (χ0) is 13.6. The number of ether oxygens (including phenoxy) is 2. The van der Waals surface area contributed by atoms with Crippen molar-refractivity contribution in [1.82, 2.24) is 0 Å². The molecule has 0 aromatic rings. The van der Waals surface area contributed by atoms with Crippen LogP contribution in [0, 0.1) is 5.92 Å². The summed E-state index contributed by atoms with van der Waals surface area (Å²) in [6.45, 7) is 4.78. The Labute approximate surface area is 118 Å². The molecule has 0 bridgehead atoms. The van der Waals surface area contributed by atoms with Gasteiger partial charge in [0.15, 0.2) is 0 Å². The van der Waals surface area contributed by atoms with Gasteiger partial charge in [-0.05, 0) is 25.2 Å². The lowest BCUT2D eigenvalue weighted by Gasteiger charge is -2.39. The van der Waals surface area contributed by atoms with E-state index in [2.05, 4.69) is 6.92 Å². The zero-order valence-electron chi connectivity index (χ0n) is 12.5. The normalized spacial score (nSPS) is 32.8. The third-order valence-electron chi connectivity index (χ3n) is 4.84. The highest BCUT2D eigenvalue weighted by molar-refractivity contribution is 4.92. The van der Waals surface area contributed by atoms with Gasteiger partial charge in [0.25, 0.3) is 0 Å². The van der Waals surface area contributed by atoms with Crippen molar-refractivity contribution in [2.75, 3.05) is 19.8 Å². The van der Waals surface area contributed by atoms with Gasteiger partial charge in [0.05, 0.1) is 12.2 Å². The molecule has 2 heterocycles. The summed E-state index contributed by atoms with van der Waals surface area (Å²) in [5.74, 6) is 0.640. The standard InChI is InChI=1S/C16H31NO2/c1-2-3-4-5-6-7-15(17)14-8-10-19-16(12-14)9-11-18-13-16/h14-15H,2-13,17H2,1H3. The molecule has 0 amide bonds. The Morgan fingerprint density at radius 3 is 2.79 bits per heavy atom. The number of hydrogen-bond acceptors (Lipinski definition) is 3. The van der Waals surface area contributed by atoms with E-state index >= 15 is 0 Å². The second-order valence-electron chi connectivity index (χ2n) is 6.45. The average Bonchev–Trinajstić information content (AvgIpc) is 2.86. The van der Waals surface area contributed by atoms with Crippen LogP contribution < -0.4 is 5.73 Å². The molecular weight excluding hydrogens is 238 g/mol. The van der Waals surface area contributed by atoms with E-state index in [9.17, 15) is 0 Å². The lowest BCUT2D eigenvalue weighted by atomic mass is 9.80. The van der Waals surface area contributed by atoms with Crippen LogP contribution in [-0.4, -0.2) is 31.5 Å². The maximum Gasteiger partial charge on any atom is 0.0939 e. The quantitative estimate of drug-likeness (QED) is 0.721. The summed E-state index contributed by atoms with van der Waals surface area (Å²) in [6, 6.07) is 0.364. The Morgan fingerprint density at radius 2 is 2.05 bits per heavy atom. The van der Waals surface area contributed by atoms with Crippen molar-refractivity contribution >= 4 is 0 Å². The van der Waals surface area contributed by atoms with E-state index in [1.54, 1.807) is 0 Å². The second-order valence-corrected chi connectivity index (χ2v) is 6.45. The lowest BCUT2D eigenvalue weighted by Crippen LogP contribution is -2.45. The highest BCUT2D eigenvalue weighted by Gasteiger charge is 2.42. The van der Waals surface area contributed by atoms with E-state index < -0.39 is 0 Å². The molecule has 3 heteroatoms. The molecule has 3 atom stereocenters. The average molecular weight is 269 g/mol. The molecule has 2 fully saturated rings. The third-order valence-corrected chi connectivity index (χ3v) is 4.84. The summed E-state index contributed by atoms with van der Waals surface area (Å²) in [5.41, 5.74) is 6.43. The van der Waals surface area contributed by atoms with E-state index in [1.807, 2.05) is 0 Å². The van der Waals surface area contributed by atoms with E-state index in [-0.39, 0.29) is 5.60 Å². The van der Waals surface area contributed by atoms with Crippen molar-refractivity contribution < 1.29 is 9.47 Å². The van der Waals surface area contributed by atoms with Gasteiger partial charge in [-0.3, -0.25) is 0 Å². The summed E-state index contributed by atoms with van der Waals surface area (Å²) in [6.07, 6.45) is 11.2. The van der Waals surface area contributed by atoms with E-state index in [0.29, 0.717) is 12.0 Å². The lowest BCUT2D eigenvalue weighted by molar-refractivity contribution is -0.101. The third kappa shape index (κ3) is 4.44. The fourth-order valence-electron chi connectivity index (χ4n) is 3.51. The summed E-state index contributed by atoms with van der Waals surface area (Å²) >= 11 is 0. The molecule has 0 aliphatic carbocycles. The largest absolute Gasteiger partial charge is 0.378 e. The van der Waals surface area contributed by atoms with Crippen molar-refractivity contribution in [3.8, 4) is 0 Å². The van der Waals surface area contributed by atoms with Crippen molar-refractivity contribution in [1.29, 1.82) is 0 Å². The first-order valence-electron chi connectivity index (χ1n) is 8.23. The maximum absolute atomic E-state index is 6.42. The molecule has 2 aliphatic heterocycles.